The lowest BCUT2D eigenvalue weighted by molar-refractivity contribution is -0.255. The molecule has 6 atom stereocenters. The highest BCUT2D eigenvalue weighted by atomic mass is 32.2. The Morgan fingerprint density at radius 1 is 1.04 bits per heavy atom. The molecule has 1 fully saturated rings. The number of rotatable bonds is 20. The van der Waals surface area contributed by atoms with Crippen molar-refractivity contribution in [3.8, 4) is 17.2 Å². The lowest BCUT2D eigenvalue weighted by Gasteiger charge is -2.59. The van der Waals surface area contributed by atoms with Crippen LogP contribution in [0.4, 0.5) is 4.79 Å². The minimum absolute atomic E-state index is 0.119. The Labute approximate surface area is 319 Å². The molecule has 11 heteroatoms. The zero-order chi connectivity index (χ0) is 37.8. The topological polar surface area (TPSA) is 119 Å². The summed E-state index contributed by atoms with van der Waals surface area (Å²) in [7, 11) is 0. The summed E-state index contributed by atoms with van der Waals surface area (Å²) in [4.78, 5) is 22.6. The number of benzene rings is 2. The largest absolute Gasteiger partial charge is 0.459 e. The fourth-order valence-electron chi connectivity index (χ4n) is 8.46. The summed E-state index contributed by atoms with van der Waals surface area (Å²) < 4.78 is 26.3. The Bertz CT molecular complexity index is 1560. The van der Waals surface area contributed by atoms with Crippen molar-refractivity contribution < 1.29 is 38.8 Å². The average Bonchev–Trinajstić information content (AvgIpc) is 3.17. The molecule has 0 bridgehead atoms. The number of hydrogen-bond donors (Lipinski definition) is 2. The molecule has 0 saturated heterocycles. The van der Waals surface area contributed by atoms with Crippen LogP contribution in [0.3, 0.4) is 0 Å². The van der Waals surface area contributed by atoms with E-state index in [1.165, 1.54) is 0 Å². The molecule has 2 aromatic carbocycles. The maximum atomic E-state index is 13.9. The molecule has 290 valence electrons. The molecule has 53 heavy (non-hydrogen) atoms. The van der Waals surface area contributed by atoms with E-state index in [2.05, 4.69) is 18.7 Å². The number of hydrogen-bond acceptors (Lipinski definition) is 10. The van der Waals surface area contributed by atoms with Crippen molar-refractivity contribution in [3.63, 3.8) is 0 Å². The van der Waals surface area contributed by atoms with Gasteiger partial charge in [-0.25, -0.2) is 4.79 Å². The third-order valence-corrected chi connectivity index (χ3v) is 11.3. The van der Waals surface area contributed by atoms with Gasteiger partial charge < -0.3 is 34.0 Å². The molecule has 0 spiro atoms. The summed E-state index contributed by atoms with van der Waals surface area (Å²) in [6.07, 6.45) is 11.6. The number of amides is 1. The zero-order valence-electron chi connectivity index (χ0n) is 31.8. The Balaban J connectivity index is 1.76. The molecule has 2 aliphatic carbocycles. The molecule has 1 amide bonds. The molecular weight excluding hydrogens is 693 g/mol. The molecule has 1 saturated carbocycles. The maximum Gasteiger partial charge on any atom is 0.410 e. The number of fused-ring (bicyclic) bond motifs is 2. The van der Waals surface area contributed by atoms with E-state index in [1.807, 2.05) is 63.4 Å². The summed E-state index contributed by atoms with van der Waals surface area (Å²) in [5.74, 6) is 0.542. The van der Waals surface area contributed by atoms with E-state index in [1.54, 1.807) is 22.7 Å². The maximum absolute atomic E-state index is 13.9. The van der Waals surface area contributed by atoms with Crippen LogP contribution in [0.5, 0.6) is 17.2 Å². The Hall–Kier alpha value is -3.51. The van der Waals surface area contributed by atoms with E-state index in [0.717, 1.165) is 53.2 Å². The highest BCUT2D eigenvalue weighted by Crippen LogP contribution is 2.62. The molecule has 10 nitrogen and oxygen atoms in total. The van der Waals surface area contributed by atoms with Crippen LogP contribution in [0.2, 0.25) is 0 Å². The second-order valence-corrected chi connectivity index (χ2v) is 14.7. The fraction of sp³-hybridized carbons (Fsp3) is 0.571. The van der Waals surface area contributed by atoms with Gasteiger partial charge in [0.1, 0.15) is 29.9 Å². The third-order valence-electron chi connectivity index (χ3n) is 10.6. The van der Waals surface area contributed by atoms with Crippen molar-refractivity contribution in [2.45, 2.75) is 94.8 Å². The first-order valence-corrected chi connectivity index (χ1v) is 20.6. The van der Waals surface area contributed by atoms with Crippen LogP contribution in [-0.2, 0) is 14.3 Å². The van der Waals surface area contributed by atoms with Gasteiger partial charge in [0.25, 0.3) is 0 Å². The van der Waals surface area contributed by atoms with Crippen LogP contribution in [0.15, 0.2) is 76.8 Å². The zero-order valence-corrected chi connectivity index (χ0v) is 32.7. The van der Waals surface area contributed by atoms with E-state index in [-0.39, 0.29) is 50.1 Å². The third kappa shape index (κ3) is 9.07. The van der Waals surface area contributed by atoms with Crippen LogP contribution in [0.1, 0.15) is 83.6 Å². The second-order valence-electron chi connectivity index (χ2n) is 13.9. The molecule has 0 aromatic heterocycles. The van der Waals surface area contributed by atoms with Gasteiger partial charge >= 0.3 is 6.09 Å². The van der Waals surface area contributed by atoms with E-state index >= 15 is 0 Å². The van der Waals surface area contributed by atoms with Crippen LogP contribution >= 0.6 is 11.8 Å². The van der Waals surface area contributed by atoms with Gasteiger partial charge in [0.2, 0.25) is 5.79 Å². The number of carbonyl (C=O) groups excluding carboxylic acids is 1. The van der Waals surface area contributed by atoms with Crippen LogP contribution in [-0.4, -0.2) is 84.6 Å². The first kappa shape index (κ1) is 40.7. The summed E-state index contributed by atoms with van der Waals surface area (Å²) in [5, 5.41) is 24.4. The normalized spacial score (nSPS) is 25.1. The first-order chi connectivity index (χ1) is 25.9. The molecule has 3 aliphatic rings. The van der Waals surface area contributed by atoms with E-state index < -0.39 is 17.9 Å². The molecule has 5 rings (SSSR count). The molecule has 2 N–H and O–H groups in total. The molecule has 2 aromatic rings. The van der Waals surface area contributed by atoms with Crippen molar-refractivity contribution in [3.05, 3.63) is 72.3 Å². The smallest absolute Gasteiger partial charge is 0.410 e. The number of carbonyl (C=O) groups is 1. The molecule has 0 radical (unpaired) electrons. The highest BCUT2D eigenvalue weighted by molar-refractivity contribution is 7.98. The Kier molecular flexibility index (Phi) is 15.1. The number of nitrogens with zero attached hydrogens (tertiary/aromatic N) is 2. The van der Waals surface area contributed by atoms with E-state index in [0.29, 0.717) is 50.3 Å². The number of oxime groups is 1. The number of thioether (sulfide) groups is 1. The Morgan fingerprint density at radius 2 is 1.77 bits per heavy atom. The summed E-state index contributed by atoms with van der Waals surface area (Å²) in [6.45, 7) is 11.3. The van der Waals surface area contributed by atoms with Crippen molar-refractivity contribution >= 4 is 23.6 Å². The minimum Gasteiger partial charge on any atom is -0.459 e. The Morgan fingerprint density at radius 3 is 2.43 bits per heavy atom. The highest BCUT2D eigenvalue weighted by Gasteiger charge is 2.65. The van der Waals surface area contributed by atoms with E-state index in [4.69, 9.17) is 28.9 Å². The van der Waals surface area contributed by atoms with Gasteiger partial charge in [-0.15, -0.1) is 18.3 Å². The van der Waals surface area contributed by atoms with Crippen molar-refractivity contribution in [2.75, 3.05) is 45.8 Å². The van der Waals surface area contributed by atoms with Crippen molar-refractivity contribution in [2.24, 2.45) is 22.9 Å². The monoisotopic (exact) mass is 750 g/mol. The number of aliphatic hydroxyl groups is 2. The van der Waals surface area contributed by atoms with Gasteiger partial charge in [-0.2, -0.15) is 0 Å². The molecular formula is C42H58N2O8S. The van der Waals surface area contributed by atoms with Crippen molar-refractivity contribution in [1.82, 2.24) is 4.90 Å². The first-order valence-electron chi connectivity index (χ1n) is 19.3. The van der Waals surface area contributed by atoms with Crippen LogP contribution in [0.25, 0.3) is 0 Å². The SMILES string of the molecule is C=CCO[C@@]12Oc3ccc(Oc4ccc(SC)cc4)cc3[C@H]3[C@H](CCCCO)[C@@H](CCCCO)C=C(C(=NOCC)C[C@@H]1N(CCC)C(=O)OCC)[C@H]32. The lowest BCUT2D eigenvalue weighted by atomic mass is 9.55. The van der Waals surface area contributed by atoms with Gasteiger partial charge in [0.05, 0.1) is 24.8 Å². The summed E-state index contributed by atoms with van der Waals surface area (Å²) >= 11 is 1.68. The van der Waals surface area contributed by atoms with E-state index in [9.17, 15) is 15.0 Å². The summed E-state index contributed by atoms with van der Waals surface area (Å²) in [5.41, 5.74) is 2.78. The number of aliphatic hydroxyl groups excluding tert-OH is 2. The standard InChI is InChI=1S/C42H58N2O8S/c1-6-22-44(41(47)48-8-3)38-28-36(43-50-9-4)34-26-29(14-10-12-23-45)33(15-11-13-24-46)39-35-27-31(51-30-16-19-32(53-5)20-17-30)18-21-37(35)52-42(38,40(34)39)49-25-7-2/h7,16-21,26-27,29,33,38-40,45-46H,2,6,8-15,22-25,28H2,1,3-5H3/t29-,33+,38-,39+,40+,42+/m0/s1. The minimum atomic E-state index is -1.31. The predicted molar refractivity (Wildman–Crippen MR) is 209 cm³/mol. The predicted octanol–water partition coefficient (Wildman–Crippen LogP) is 8.72. The molecule has 1 heterocycles. The van der Waals surface area contributed by atoms with Crippen molar-refractivity contribution in [1.29, 1.82) is 0 Å². The van der Waals surface area contributed by atoms with Gasteiger partial charge in [-0.05, 0) is 112 Å². The summed E-state index contributed by atoms with van der Waals surface area (Å²) in [6, 6.07) is 13.4. The fourth-order valence-corrected chi connectivity index (χ4v) is 8.86. The van der Waals surface area contributed by atoms with Crippen LogP contribution in [0, 0.1) is 17.8 Å². The van der Waals surface area contributed by atoms with Gasteiger partial charge in [0.15, 0.2) is 0 Å². The molecule has 1 aliphatic heterocycles. The number of unbranched alkanes of at least 4 members (excludes halogenated alkanes) is 2. The van der Waals surface area contributed by atoms with Gasteiger partial charge in [-0.1, -0.05) is 37.1 Å². The van der Waals surface area contributed by atoms with Gasteiger partial charge in [0, 0.05) is 42.6 Å². The number of ether oxygens (including phenoxy) is 4. The average molecular weight is 751 g/mol. The quantitative estimate of drug-likeness (QED) is 0.0593. The lowest BCUT2D eigenvalue weighted by Crippen LogP contribution is -2.70. The second kappa shape index (κ2) is 19.7. The van der Waals surface area contributed by atoms with Gasteiger partial charge in [-0.3, -0.25) is 4.90 Å². The molecule has 0 unspecified atom stereocenters. The number of allylic oxidation sites excluding steroid dienone is 1. The van der Waals surface area contributed by atoms with Crippen LogP contribution < -0.4 is 9.47 Å².